The second kappa shape index (κ2) is 6.39. The van der Waals surface area contributed by atoms with Crippen LogP contribution in [0.1, 0.15) is 59.3 Å². The lowest BCUT2D eigenvalue weighted by Crippen LogP contribution is -2.42. The molecule has 1 amide bonds. The molecule has 17 heavy (non-hydrogen) atoms. The smallest absolute Gasteiger partial charge is 0.223 e. The third kappa shape index (κ3) is 6.06. The number of amides is 1. The van der Waals surface area contributed by atoms with E-state index in [0.29, 0.717) is 6.54 Å². The Bertz CT molecular complexity index is 239. The molecule has 100 valence electrons. The van der Waals surface area contributed by atoms with Crippen molar-refractivity contribution in [1.29, 1.82) is 0 Å². The van der Waals surface area contributed by atoms with Gasteiger partial charge in [0.1, 0.15) is 0 Å². The number of nitrogens with one attached hydrogen (secondary N) is 1. The molecule has 1 rings (SSSR count). The Labute approximate surface area is 106 Å². The Morgan fingerprint density at radius 1 is 1.29 bits per heavy atom. The van der Waals surface area contributed by atoms with E-state index < -0.39 is 0 Å². The molecule has 0 heterocycles. The van der Waals surface area contributed by atoms with E-state index in [0.717, 1.165) is 19.3 Å². The SMILES string of the molecule is CC(C)(C)CC(N)CNC(=O)C1CCCCC1. The number of rotatable bonds is 4. The molecule has 0 aromatic carbocycles. The minimum Gasteiger partial charge on any atom is -0.354 e. The molecule has 0 radical (unpaired) electrons. The summed E-state index contributed by atoms with van der Waals surface area (Å²) >= 11 is 0. The number of carbonyl (C=O) groups excluding carboxylic acids is 1. The van der Waals surface area contributed by atoms with Crippen LogP contribution in [0.4, 0.5) is 0 Å². The van der Waals surface area contributed by atoms with Crippen molar-refractivity contribution in [2.24, 2.45) is 17.1 Å². The van der Waals surface area contributed by atoms with Crippen LogP contribution in [-0.2, 0) is 4.79 Å². The summed E-state index contributed by atoms with van der Waals surface area (Å²) in [4.78, 5) is 11.9. The second-order valence-electron chi connectivity index (χ2n) is 6.60. The van der Waals surface area contributed by atoms with Crippen molar-refractivity contribution in [3.8, 4) is 0 Å². The summed E-state index contributed by atoms with van der Waals surface area (Å²) in [6, 6.07) is 0.0718. The van der Waals surface area contributed by atoms with Gasteiger partial charge in [-0.2, -0.15) is 0 Å². The first-order chi connectivity index (χ1) is 7.88. The Morgan fingerprint density at radius 3 is 2.41 bits per heavy atom. The Kier molecular flexibility index (Phi) is 5.44. The summed E-state index contributed by atoms with van der Waals surface area (Å²) in [7, 11) is 0. The third-order valence-electron chi connectivity index (χ3n) is 3.39. The van der Waals surface area contributed by atoms with Gasteiger partial charge >= 0.3 is 0 Å². The van der Waals surface area contributed by atoms with Crippen molar-refractivity contribution in [2.75, 3.05) is 6.54 Å². The zero-order chi connectivity index (χ0) is 12.9. The summed E-state index contributed by atoms with van der Waals surface area (Å²) in [5.41, 5.74) is 6.25. The van der Waals surface area contributed by atoms with Crippen LogP contribution in [0, 0.1) is 11.3 Å². The van der Waals surface area contributed by atoms with Gasteiger partial charge in [-0.05, 0) is 24.7 Å². The normalized spacial score (nSPS) is 20.0. The van der Waals surface area contributed by atoms with Gasteiger partial charge in [-0.25, -0.2) is 0 Å². The van der Waals surface area contributed by atoms with Crippen LogP contribution in [0.2, 0.25) is 0 Å². The van der Waals surface area contributed by atoms with E-state index in [2.05, 4.69) is 26.1 Å². The van der Waals surface area contributed by atoms with Crippen molar-refractivity contribution >= 4 is 5.91 Å². The molecule has 0 aromatic heterocycles. The van der Waals surface area contributed by atoms with Crippen LogP contribution in [0.25, 0.3) is 0 Å². The Morgan fingerprint density at radius 2 is 1.88 bits per heavy atom. The number of hydrogen-bond acceptors (Lipinski definition) is 2. The minimum atomic E-state index is 0.0718. The highest BCUT2D eigenvalue weighted by Crippen LogP contribution is 2.24. The molecule has 1 aliphatic carbocycles. The van der Waals surface area contributed by atoms with Crippen LogP contribution in [0.15, 0.2) is 0 Å². The van der Waals surface area contributed by atoms with Crippen molar-refractivity contribution in [1.82, 2.24) is 5.32 Å². The van der Waals surface area contributed by atoms with Gasteiger partial charge in [0.25, 0.3) is 0 Å². The Hall–Kier alpha value is -0.570. The Balaban J connectivity index is 2.22. The maximum Gasteiger partial charge on any atom is 0.223 e. The second-order valence-corrected chi connectivity index (χ2v) is 6.60. The summed E-state index contributed by atoms with van der Waals surface area (Å²) in [5, 5.41) is 3.01. The molecular formula is C14H28N2O. The van der Waals surface area contributed by atoms with Gasteiger partial charge < -0.3 is 11.1 Å². The predicted octanol–water partition coefficient (Wildman–Crippen LogP) is 2.45. The van der Waals surface area contributed by atoms with Crippen LogP contribution in [-0.4, -0.2) is 18.5 Å². The number of nitrogens with two attached hydrogens (primary N) is 1. The zero-order valence-electron chi connectivity index (χ0n) is 11.6. The molecule has 3 nitrogen and oxygen atoms in total. The fraction of sp³-hybridized carbons (Fsp3) is 0.929. The maximum atomic E-state index is 11.9. The molecule has 0 bridgehead atoms. The van der Waals surface area contributed by atoms with Gasteiger partial charge in [-0.3, -0.25) is 4.79 Å². The molecule has 0 aromatic rings. The first-order valence-electron chi connectivity index (χ1n) is 6.92. The van der Waals surface area contributed by atoms with E-state index in [1.807, 2.05) is 0 Å². The quantitative estimate of drug-likeness (QED) is 0.793. The van der Waals surface area contributed by atoms with Gasteiger partial charge in [-0.15, -0.1) is 0 Å². The predicted molar refractivity (Wildman–Crippen MR) is 71.6 cm³/mol. The standard InChI is InChI=1S/C14H28N2O/c1-14(2,3)9-12(15)10-16-13(17)11-7-5-4-6-8-11/h11-12H,4-10,15H2,1-3H3,(H,16,17). The average molecular weight is 240 g/mol. The summed E-state index contributed by atoms with van der Waals surface area (Å²) in [6.07, 6.45) is 6.74. The maximum absolute atomic E-state index is 11.9. The van der Waals surface area contributed by atoms with E-state index in [4.69, 9.17) is 5.73 Å². The van der Waals surface area contributed by atoms with Crippen molar-refractivity contribution < 1.29 is 4.79 Å². The van der Waals surface area contributed by atoms with Gasteiger partial charge in [0.15, 0.2) is 0 Å². The van der Waals surface area contributed by atoms with Crippen LogP contribution < -0.4 is 11.1 Å². The largest absolute Gasteiger partial charge is 0.354 e. The summed E-state index contributed by atoms with van der Waals surface area (Å²) < 4.78 is 0. The van der Waals surface area contributed by atoms with Gasteiger partial charge in [-0.1, -0.05) is 40.0 Å². The fourth-order valence-corrected chi connectivity index (χ4v) is 2.60. The molecule has 1 atom stereocenters. The van der Waals surface area contributed by atoms with E-state index in [9.17, 15) is 4.79 Å². The number of carbonyl (C=O) groups is 1. The average Bonchev–Trinajstić information content (AvgIpc) is 2.25. The molecule has 1 saturated carbocycles. The van der Waals surface area contributed by atoms with E-state index in [-0.39, 0.29) is 23.3 Å². The molecule has 1 aliphatic rings. The molecular weight excluding hydrogens is 212 g/mol. The lowest BCUT2D eigenvalue weighted by atomic mass is 9.87. The highest BCUT2D eigenvalue weighted by atomic mass is 16.1. The molecule has 1 unspecified atom stereocenters. The minimum absolute atomic E-state index is 0.0718. The number of hydrogen-bond donors (Lipinski definition) is 2. The van der Waals surface area contributed by atoms with Gasteiger partial charge in [0.2, 0.25) is 5.91 Å². The van der Waals surface area contributed by atoms with Gasteiger partial charge in [0.05, 0.1) is 0 Å². The molecule has 0 spiro atoms. The van der Waals surface area contributed by atoms with Crippen molar-refractivity contribution in [3.05, 3.63) is 0 Å². The zero-order valence-corrected chi connectivity index (χ0v) is 11.6. The fourth-order valence-electron chi connectivity index (χ4n) is 2.60. The van der Waals surface area contributed by atoms with Crippen LogP contribution >= 0.6 is 0 Å². The van der Waals surface area contributed by atoms with Gasteiger partial charge in [0, 0.05) is 18.5 Å². The van der Waals surface area contributed by atoms with Crippen molar-refractivity contribution in [2.45, 2.75) is 65.3 Å². The van der Waals surface area contributed by atoms with E-state index >= 15 is 0 Å². The lowest BCUT2D eigenvalue weighted by molar-refractivity contribution is -0.126. The summed E-state index contributed by atoms with van der Waals surface area (Å²) in [6.45, 7) is 7.15. The monoisotopic (exact) mass is 240 g/mol. The topological polar surface area (TPSA) is 55.1 Å². The molecule has 0 saturated heterocycles. The molecule has 3 heteroatoms. The van der Waals surface area contributed by atoms with E-state index in [1.54, 1.807) is 0 Å². The molecule has 3 N–H and O–H groups in total. The highest BCUT2D eigenvalue weighted by Gasteiger charge is 2.22. The first kappa shape index (κ1) is 14.5. The van der Waals surface area contributed by atoms with Crippen LogP contribution in [0.3, 0.4) is 0 Å². The van der Waals surface area contributed by atoms with Crippen molar-refractivity contribution in [3.63, 3.8) is 0 Å². The first-order valence-corrected chi connectivity index (χ1v) is 6.92. The highest BCUT2D eigenvalue weighted by molar-refractivity contribution is 5.78. The molecule has 1 fully saturated rings. The van der Waals surface area contributed by atoms with Crippen LogP contribution in [0.5, 0.6) is 0 Å². The molecule has 0 aliphatic heterocycles. The van der Waals surface area contributed by atoms with E-state index in [1.165, 1.54) is 19.3 Å². The summed E-state index contributed by atoms with van der Waals surface area (Å²) in [5.74, 6) is 0.458. The lowest BCUT2D eigenvalue weighted by Gasteiger charge is -2.25. The third-order valence-corrected chi connectivity index (χ3v) is 3.39.